The van der Waals surface area contributed by atoms with Crippen LogP contribution in [0, 0.1) is 11.7 Å². The van der Waals surface area contributed by atoms with Crippen LogP contribution in [-0.4, -0.2) is 68.2 Å². The second-order valence-electron chi connectivity index (χ2n) is 11.6. The predicted molar refractivity (Wildman–Crippen MR) is 159 cm³/mol. The molecule has 11 nitrogen and oxygen atoms in total. The van der Waals surface area contributed by atoms with Crippen molar-refractivity contribution in [1.82, 2.24) is 34.3 Å². The number of anilines is 3. The van der Waals surface area contributed by atoms with Gasteiger partial charge in [-0.1, -0.05) is 31.2 Å². The van der Waals surface area contributed by atoms with E-state index in [1.54, 1.807) is 51.9 Å². The fraction of sp³-hybridized carbons (Fsp3) is 0.370. The summed E-state index contributed by atoms with van der Waals surface area (Å²) in [5, 5.41) is 14.5. The lowest BCUT2D eigenvalue weighted by atomic mass is 10.0. The third-order valence-corrected chi connectivity index (χ3v) is 9.31. The minimum absolute atomic E-state index is 0.133. The molecule has 5 aromatic rings. The molecule has 1 aromatic carbocycles. The minimum atomic E-state index is -1.24. The zero-order valence-electron chi connectivity index (χ0n) is 23.5. The number of benzene rings is 1. The summed E-state index contributed by atoms with van der Waals surface area (Å²) >= 11 is 6.70. The van der Waals surface area contributed by atoms with Crippen LogP contribution in [0.2, 0.25) is 30.7 Å². The van der Waals surface area contributed by atoms with E-state index in [0.29, 0.717) is 40.2 Å². The number of nitrogens with zero attached hydrogens (tertiary/aromatic N) is 7. The van der Waals surface area contributed by atoms with E-state index in [0.717, 1.165) is 6.04 Å². The average molecular weight is 614 g/mol. The van der Waals surface area contributed by atoms with Gasteiger partial charge >= 0.3 is 0 Å². The van der Waals surface area contributed by atoms with Crippen LogP contribution >= 0.6 is 11.6 Å². The van der Waals surface area contributed by atoms with Gasteiger partial charge in [-0.2, -0.15) is 10.2 Å². The number of nitrogens with one attached hydrogen (secondary N) is 2. The molecule has 0 aliphatic heterocycles. The number of carbonyl (C=O) groups is 1. The van der Waals surface area contributed by atoms with E-state index in [4.69, 9.17) is 16.3 Å². The van der Waals surface area contributed by atoms with Crippen molar-refractivity contribution in [3.63, 3.8) is 0 Å². The molecule has 0 spiro atoms. The van der Waals surface area contributed by atoms with Gasteiger partial charge in [-0.25, -0.2) is 18.4 Å². The number of H-pyrrole nitrogens is 1. The zero-order chi connectivity index (χ0) is 29.8. The molecule has 2 N–H and O–H groups in total. The van der Waals surface area contributed by atoms with Crippen molar-refractivity contribution in [3.8, 4) is 11.3 Å². The van der Waals surface area contributed by atoms with Crippen LogP contribution in [0.1, 0.15) is 6.42 Å². The molecule has 1 saturated carbocycles. The van der Waals surface area contributed by atoms with E-state index in [2.05, 4.69) is 50.2 Å². The molecule has 1 amide bonds. The van der Waals surface area contributed by atoms with Crippen molar-refractivity contribution >= 4 is 59.5 Å². The monoisotopic (exact) mass is 613 g/mol. The predicted octanol–water partition coefficient (Wildman–Crippen LogP) is 5.64. The van der Waals surface area contributed by atoms with Crippen LogP contribution in [0.25, 0.3) is 27.8 Å². The molecule has 4 aromatic heterocycles. The third-order valence-electron chi connectivity index (χ3n) is 7.25. The van der Waals surface area contributed by atoms with Gasteiger partial charge in [0.05, 0.1) is 46.9 Å². The molecule has 4 heterocycles. The van der Waals surface area contributed by atoms with Crippen LogP contribution in [0.15, 0.2) is 37.1 Å². The summed E-state index contributed by atoms with van der Waals surface area (Å²) in [5.74, 6) is -0.841. The maximum absolute atomic E-state index is 16.1. The Kier molecular flexibility index (Phi) is 7.23. The molecular weight excluding hydrogens is 584 g/mol. The number of alkyl halides is 1. The van der Waals surface area contributed by atoms with Gasteiger partial charge < -0.3 is 19.4 Å². The molecule has 2 atom stereocenters. The number of hydrogen-bond donors (Lipinski definition) is 2. The summed E-state index contributed by atoms with van der Waals surface area (Å²) in [6.07, 6.45) is 7.01. The first-order valence-corrected chi connectivity index (χ1v) is 17.6. The molecule has 0 radical (unpaired) electrons. The number of rotatable bonds is 10. The van der Waals surface area contributed by atoms with Gasteiger partial charge in [-0.15, -0.1) is 0 Å². The highest BCUT2D eigenvalue weighted by atomic mass is 35.5. The van der Waals surface area contributed by atoms with Gasteiger partial charge in [-0.3, -0.25) is 14.9 Å². The van der Waals surface area contributed by atoms with Crippen LogP contribution in [0.5, 0.6) is 0 Å². The number of imidazole rings is 1. The quantitative estimate of drug-likeness (QED) is 0.155. The van der Waals surface area contributed by atoms with Gasteiger partial charge in [0.1, 0.15) is 24.4 Å². The zero-order valence-corrected chi connectivity index (χ0v) is 25.3. The number of aromatic nitrogens is 7. The van der Waals surface area contributed by atoms with Gasteiger partial charge in [0.2, 0.25) is 5.91 Å². The first-order chi connectivity index (χ1) is 20.0. The number of amides is 1. The topological polar surface area (TPSA) is 118 Å². The Labute approximate surface area is 245 Å². The number of hydrogen-bond acceptors (Lipinski definition) is 7. The Morgan fingerprint density at radius 2 is 2.10 bits per heavy atom. The number of fused-ring (bicyclic) bond motifs is 2. The molecule has 6 rings (SSSR count). The third kappa shape index (κ3) is 5.36. The van der Waals surface area contributed by atoms with Crippen molar-refractivity contribution in [3.05, 3.63) is 47.9 Å². The van der Waals surface area contributed by atoms with Gasteiger partial charge in [-0.05, 0) is 12.5 Å². The van der Waals surface area contributed by atoms with Crippen LogP contribution in [0.3, 0.4) is 0 Å². The fourth-order valence-corrected chi connectivity index (χ4v) is 5.80. The summed E-state index contributed by atoms with van der Waals surface area (Å²) < 4.78 is 38.6. The van der Waals surface area contributed by atoms with E-state index >= 15 is 4.39 Å². The number of ether oxygens (including phenoxy) is 1. The molecule has 1 aliphatic rings. The van der Waals surface area contributed by atoms with Crippen molar-refractivity contribution in [1.29, 1.82) is 0 Å². The lowest BCUT2D eigenvalue weighted by molar-refractivity contribution is -0.117. The van der Waals surface area contributed by atoms with Crippen molar-refractivity contribution in [2.24, 2.45) is 5.92 Å². The standard InChI is InChI=1S/C27H30ClF2N9O2Si/c1-37(21-5-6-33-39(21)14-41-7-8-42(2,3)4)26-24(30)23(28)22(16-10-32-36-25(16)26)18-12-38-13-19(34-20(38)11-31-18)35-27(40)15-9-17(15)29/h5-6,10-13,15,17H,7-9,14H2,1-4H3,(H,32,36)(H,35,40). The fourth-order valence-electron chi connectivity index (χ4n) is 4.76. The average Bonchev–Trinajstić information content (AvgIpc) is 3.31. The Morgan fingerprint density at radius 3 is 2.83 bits per heavy atom. The Morgan fingerprint density at radius 1 is 1.31 bits per heavy atom. The first-order valence-electron chi connectivity index (χ1n) is 13.5. The van der Waals surface area contributed by atoms with Gasteiger partial charge in [0, 0.05) is 44.9 Å². The highest BCUT2D eigenvalue weighted by molar-refractivity contribution is 6.76. The van der Waals surface area contributed by atoms with Crippen LogP contribution in [-0.2, 0) is 16.3 Å². The molecule has 1 aliphatic carbocycles. The summed E-state index contributed by atoms with van der Waals surface area (Å²) in [6.45, 7) is 7.71. The van der Waals surface area contributed by atoms with Gasteiger partial charge in [0.25, 0.3) is 0 Å². The smallest absolute Gasteiger partial charge is 0.231 e. The summed E-state index contributed by atoms with van der Waals surface area (Å²) in [6, 6.07) is 2.79. The molecule has 2 unspecified atom stereocenters. The second kappa shape index (κ2) is 10.7. The lowest BCUT2D eigenvalue weighted by Gasteiger charge is -2.23. The van der Waals surface area contributed by atoms with Gasteiger partial charge in [0.15, 0.2) is 17.3 Å². The molecule has 0 bridgehead atoms. The summed E-state index contributed by atoms with van der Waals surface area (Å²) in [7, 11) is 0.483. The summed E-state index contributed by atoms with van der Waals surface area (Å²) in [5.41, 5.74) is 1.78. The normalized spacial score (nSPS) is 16.8. The van der Waals surface area contributed by atoms with Crippen LogP contribution in [0.4, 0.5) is 26.1 Å². The molecule has 0 saturated heterocycles. The summed E-state index contributed by atoms with van der Waals surface area (Å²) in [4.78, 5) is 22.6. The molecule has 15 heteroatoms. The van der Waals surface area contributed by atoms with E-state index in [1.165, 1.54) is 6.20 Å². The highest BCUT2D eigenvalue weighted by Gasteiger charge is 2.43. The lowest BCUT2D eigenvalue weighted by Crippen LogP contribution is -2.23. The first kappa shape index (κ1) is 28.2. The van der Waals surface area contributed by atoms with Crippen molar-refractivity contribution in [2.45, 2.75) is 45.0 Å². The number of halogens is 3. The Bertz CT molecular complexity index is 1800. The molecule has 1 fully saturated rings. The molecule has 220 valence electrons. The highest BCUT2D eigenvalue weighted by Crippen LogP contribution is 2.43. The Hall–Kier alpha value is -3.88. The largest absolute Gasteiger partial charge is 0.359 e. The maximum Gasteiger partial charge on any atom is 0.231 e. The van der Waals surface area contributed by atoms with E-state index < -0.39 is 31.9 Å². The van der Waals surface area contributed by atoms with E-state index in [9.17, 15) is 9.18 Å². The minimum Gasteiger partial charge on any atom is -0.359 e. The molecular formula is C27H30ClF2N9O2Si. The SMILES string of the molecule is CN(c1c(F)c(Cl)c(-c2cn3cc(NC(=O)C4CC4F)nc3cn2)c2cn[nH]c12)c1ccnn1COCC[Si](C)(C)C. The van der Waals surface area contributed by atoms with Crippen molar-refractivity contribution in [2.75, 3.05) is 23.9 Å². The van der Waals surface area contributed by atoms with Crippen molar-refractivity contribution < 1.29 is 18.3 Å². The van der Waals surface area contributed by atoms with E-state index in [-0.39, 0.29) is 29.7 Å². The van der Waals surface area contributed by atoms with Crippen LogP contribution < -0.4 is 10.2 Å². The maximum atomic E-state index is 16.1. The second-order valence-corrected chi connectivity index (χ2v) is 17.6. The number of carbonyl (C=O) groups excluding carboxylic acids is 1. The number of aromatic amines is 1. The Balaban J connectivity index is 1.31. The molecule has 42 heavy (non-hydrogen) atoms. The van der Waals surface area contributed by atoms with E-state index in [1.807, 2.05) is 0 Å².